The van der Waals surface area contributed by atoms with E-state index >= 15 is 0 Å². The Balaban J connectivity index is 4.20. The van der Waals surface area contributed by atoms with Crippen molar-refractivity contribution >= 4 is 17.9 Å². The van der Waals surface area contributed by atoms with Gasteiger partial charge >= 0.3 is 17.9 Å². The van der Waals surface area contributed by atoms with Gasteiger partial charge in [-0.1, -0.05) is 178 Å². The van der Waals surface area contributed by atoms with Gasteiger partial charge in [-0.2, -0.15) is 0 Å². The summed E-state index contributed by atoms with van der Waals surface area (Å²) in [7, 11) is 5.53. The number of rotatable bonds is 42. The minimum atomic E-state index is -0.875. The normalized spacial score (nSPS) is 13.3. The maximum absolute atomic E-state index is 12.7. The fourth-order valence-electron chi connectivity index (χ4n) is 6.85. The van der Waals surface area contributed by atoms with Crippen LogP contribution in [0.1, 0.15) is 200 Å². The van der Waals surface area contributed by atoms with Gasteiger partial charge in [0.15, 0.2) is 12.1 Å². The number of likely N-dealkylation sites (N-methyl/N-ethyl adjacent to an activating group) is 1. The molecule has 8 nitrogen and oxygen atoms in total. The van der Waals surface area contributed by atoms with E-state index in [4.69, 9.17) is 14.2 Å². The fraction of sp³-hybridized carbons (Fsp3) is 0.780. The molecular weight excluding hydrogens is 727 g/mol. The van der Waals surface area contributed by atoms with Gasteiger partial charge in [-0.15, -0.1) is 0 Å². The second-order valence-corrected chi connectivity index (χ2v) is 17.0. The molecule has 2 atom stereocenters. The molecule has 0 saturated carbocycles. The largest absolute Gasteiger partial charge is 0.477 e. The third-order valence-electron chi connectivity index (χ3n) is 10.5. The summed E-state index contributed by atoms with van der Waals surface area (Å²) in [6, 6.07) is -0.614. The molecule has 58 heavy (non-hydrogen) atoms. The number of allylic oxidation sites excluding steroid dienone is 8. The Kier molecular flexibility index (Phi) is 39.1. The third-order valence-corrected chi connectivity index (χ3v) is 10.5. The summed E-state index contributed by atoms with van der Waals surface area (Å²) >= 11 is 0. The van der Waals surface area contributed by atoms with Crippen molar-refractivity contribution < 1.29 is 38.2 Å². The first-order valence-electron chi connectivity index (χ1n) is 23.7. The molecule has 0 saturated heterocycles. The van der Waals surface area contributed by atoms with Gasteiger partial charge < -0.3 is 23.8 Å². The number of ether oxygens (including phenoxy) is 3. The molecule has 0 aliphatic rings. The molecule has 8 heteroatoms. The smallest absolute Gasteiger partial charge is 0.362 e. The quantitative estimate of drug-likeness (QED) is 0.0283. The van der Waals surface area contributed by atoms with Crippen LogP contribution in [0.5, 0.6) is 0 Å². The molecule has 0 rings (SSSR count). The maximum atomic E-state index is 12.7. The van der Waals surface area contributed by atoms with E-state index in [1.807, 2.05) is 21.1 Å². The molecule has 2 unspecified atom stereocenters. The first-order chi connectivity index (χ1) is 28.1. The lowest BCUT2D eigenvalue weighted by Gasteiger charge is -2.31. The molecule has 0 amide bonds. The van der Waals surface area contributed by atoms with Crippen LogP contribution >= 0.6 is 0 Å². The summed E-state index contributed by atoms with van der Waals surface area (Å²) < 4.78 is 17.3. The number of carboxylic acid groups (broad SMARTS) is 1. The minimum absolute atomic E-state index is 0.0516. The van der Waals surface area contributed by atoms with Gasteiger partial charge in [-0.25, -0.2) is 4.79 Å². The zero-order chi connectivity index (χ0) is 42.8. The fourth-order valence-corrected chi connectivity index (χ4v) is 6.85. The standard InChI is InChI=1S/C50H89NO7/c1-6-8-10-12-14-16-18-19-20-21-22-23-24-25-26-27-28-29-31-32-34-36-38-40-48(52)57-45-46(44-56-43-42-47(50(54)55)51(3,4)5)58-49(53)41-39-37-35-33-30-17-15-13-11-9-7-2/h8,10,14,16,19-20,22-23,46-47H,6-7,9,11-13,15,17-18,21,24-45H2,1-5H3/p+1/b10-8+,16-14+,20-19+,23-22+. The maximum Gasteiger partial charge on any atom is 0.362 e. The molecule has 0 bridgehead atoms. The average molecular weight is 817 g/mol. The highest BCUT2D eigenvalue weighted by molar-refractivity contribution is 5.72. The number of nitrogens with zero attached hydrogens (tertiary/aromatic N) is 1. The van der Waals surface area contributed by atoms with Crippen LogP contribution in [0.2, 0.25) is 0 Å². The Morgan fingerprint density at radius 3 is 1.43 bits per heavy atom. The number of hydrogen-bond acceptors (Lipinski definition) is 6. The summed E-state index contributed by atoms with van der Waals surface area (Å²) in [6.45, 7) is 4.62. The molecular formula is C50H90NO7+. The molecule has 0 spiro atoms. The Morgan fingerprint density at radius 1 is 0.534 bits per heavy atom. The van der Waals surface area contributed by atoms with E-state index in [1.54, 1.807) is 0 Å². The first kappa shape index (κ1) is 55.3. The molecule has 1 N–H and O–H groups in total. The summed E-state index contributed by atoms with van der Waals surface area (Å²) in [6.07, 6.45) is 48.7. The van der Waals surface area contributed by atoms with Gasteiger partial charge in [0.05, 0.1) is 34.4 Å². The Morgan fingerprint density at radius 2 is 0.966 bits per heavy atom. The third kappa shape index (κ3) is 38.8. The van der Waals surface area contributed by atoms with E-state index in [9.17, 15) is 19.5 Å². The summed E-state index contributed by atoms with van der Waals surface area (Å²) in [5.41, 5.74) is 0. The lowest BCUT2D eigenvalue weighted by Crippen LogP contribution is -2.50. The Labute approximate surface area is 356 Å². The predicted octanol–water partition coefficient (Wildman–Crippen LogP) is 13.2. The van der Waals surface area contributed by atoms with Crippen LogP contribution in [-0.4, -0.2) is 80.6 Å². The average Bonchev–Trinajstić information content (AvgIpc) is 3.18. The number of esters is 2. The van der Waals surface area contributed by atoms with Crippen molar-refractivity contribution in [2.45, 2.75) is 212 Å². The van der Waals surface area contributed by atoms with Gasteiger partial charge in [0.2, 0.25) is 0 Å². The van der Waals surface area contributed by atoms with Crippen molar-refractivity contribution in [1.82, 2.24) is 0 Å². The number of carbonyl (C=O) groups is 3. The molecule has 0 fully saturated rings. The van der Waals surface area contributed by atoms with Crippen molar-refractivity contribution in [2.75, 3.05) is 41.0 Å². The zero-order valence-corrected chi connectivity index (χ0v) is 38.2. The van der Waals surface area contributed by atoms with Gasteiger partial charge in [0.1, 0.15) is 6.61 Å². The lowest BCUT2D eigenvalue weighted by atomic mass is 10.1. The summed E-state index contributed by atoms with van der Waals surface area (Å²) in [5, 5.41) is 9.62. The molecule has 0 aromatic heterocycles. The van der Waals surface area contributed by atoms with Gasteiger partial charge in [-0.3, -0.25) is 9.59 Å². The van der Waals surface area contributed by atoms with Crippen LogP contribution in [0, 0.1) is 0 Å². The monoisotopic (exact) mass is 817 g/mol. The van der Waals surface area contributed by atoms with Crippen molar-refractivity contribution in [3.63, 3.8) is 0 Å². The second kappa shape index (κ2) is 41.0. The molecule has 0 heterocycles. The summed E-state index contributed by atoms with van der Waals surface area (Å²) in [4.78, 5) is 37.0. The van der Waals surface area contributed by atoms with E-state index in [-0.39, 0.29) is 36.2 Å². The molecule has 0 radical (unpaired) electrons. The van der Waals surface area contributed by atoms with Crippen LogP contribution in [0.15, 0.2) is 48.6 Å². The lowest BCUT2D eigenvalue weighted by molar-refractivity contribution is -0.887. The Hall–Kier alpha value is -2.71. The van der Waals surface area contributed by atoms with E-state index in [0.29, 0.717) is 19.3 Å². The van der Waals surface area contributed by atoms with Crippen LogP contribution in [0.3, 0.4) is 0 Å². The van der Waals surface area contributed by atoms with Crippen molar-refractivity contribution in [3.05, 3.63) is 48.6 Å². The van der Waals surface area contributed by atoms with Crippen molar-refractivity contribution in [3.8, 4) is 0 Å². The SMILES string of the molecule is CC/C=C/C/C=C/C/C=C/C/C=C/CCCCCCCCCCCCC(=O)OCC(COCCC(C(=O)O)[N+](C)(C)C)OC(=O)CCCCCCCCCCCCC. The molecule has 336 valence electrons. The Bertz CT molecular complexity index is 1090. The predicted molar refractivity (Wildman–Crippen MR) is 243 cm³/mol. The number of quaternary nitrogens is 1. The first-order valence-corrected chi connectivity index (χ1v) is 23.7. The van der Waals surface area contributed by atoms with Crippen molar-refractivity contribution in [2.24, 2.45) is 0 Å². The van der Waals surface area contributed by atoms with Gasteiger partial charge in [0.25, 0.3) is 0 Å². The summed E-state index contributed by atoms with van der Waals surface area (Å²) in [5.74, 6) is -1.47. The van der Waals surface area contributed by atoms with E-state index in [2.05, 4.69) is 62.5 Å². The molecule has 0 aromatic rings. The van der Waals surface area contributed by atoms with Crippen molar-refractivity contribution in [1.29, 1.82) is 0 Å². The van der Waals surface area contributed by atoms with Crippen LogP contribution in [0.25, 0.3) is 0 Å². The van der Waals surface area contributed by atoms with Gasteiger partial charge in [-0.05, 0) is 51.4 Å². The zero-order valence-electron chi connectivity index (χ0n) is 38.2. The number of aliphatic carboxylic acids is 1. The number of carboxylic acids is 1. The molecule has 0 aromatic carbocycles. The van der Waals surface area contributed by atoms with E-state index in [0.717, 1.165) is 64.2 Å². The van der Waals surface area contributed by atoms with Crippen LogP contribution in [-0.2, 0) is 28.6 Å². The topological polar surface area (TPSA) is 99.1 Å². The van der Waals surface area contributed by atoms with E-state index in [1.165, 1.54) is 103 Å². The van der Waals surface area contributed by atoms with Gasteiger partial charge in [0, 0.05) is 19.3 Å². The highest BCUT2D eigenvalue weighted by Crippen LogP contribution is 2.15. The number of carbonyl (C=O) groups excluding carboxylic acids is 2. The minimum Gasteiger partial charge on any atom is -0.477 e. The van der Waals surface area contributed by atoms with Crippen LogP contribution in [0.4, 0.5) is 0 Å². The molecule has 0 aliphatic heterocycles. The van der Waals surface area contributed by atoms with E-state index < -0.39 is 18.1 Å². The highest BCUT2D eigenvalue weighted by atomic mass is 16.6. The van der Waals surface area contributed by atoms with Crippen LogP contribution < -0.4 is 0 Å². The number of unbranched alkanes of at least 4 members (excludes halogenated alkanes) is 20. The highest BCUT2D eigenvalue weighted by Gasteiger charge is 2.31. The number of hydrogen-bond donors (Lipinski definition) is 1. The second-order valence-electron chi connectivity index (χ2n) is 17.0. The molecule has 0 aliphatic carbocycles.